The predicted octanol–water partition coefficient (Wildman–Crippen LogP) is 8.20. The van der Waals surface area contributed by atoms with Crippen LogP contribution in [0.2, 0.25) is 0 Å². The monoisotopic (exact) mass is 1290 g/mol. The van der Waals surface area contributed by atoms with Gasteiger partial charge in [0.05, 0.1) is 251 Å². The Morgan fingerprint density at radius 3 is 0.622 bits per heavy atom. The van der Waals surface area contributed by atoms with Gasteiger partial charge in [-0.1, -0.05) is 102 Å². The molecule has 2 rings (SSSR count). The lowest BCUT2D eigenvalue weighted by molar-refractivity contribution is -0.0258. The average molecular weight is 1290 g/mol. The van der Waals surface area contributed by atoms with Crippen molar-refractivity contribution in [3.63, 3.8) is 0 Å². The Kier molecular flexibility index (Phi) is 64.0. The maximum atomic E-state index is 8.67. The summed E-state index contributed by atoms with van der Waals surface area (Å²) in [6, 6.07) is 13.3. The maximum absolute atomic E-state index is 8.67. The van der Waals surface area contributed by atoms with E-state index in [0.29, 0.717) is 251 Å². The van der Waals surface area contributed by atoms with Crippen molar-refractivity contribution >= 4 is 0 Å². The van der Waals surface area contributed by atoms with E-state index in [4.69, 9.17) is 105 Å². The van der Waals surface area contributed by atoms with E-state index >= 15 is 0 Å². The van der Waals surface area contributed by atoms with E-state index in [-0.39, 0.29) is 13.2 Å². The Balaban J connectivity index is 1.67. The summed E-state index contributed by atoms with van der Waals surface area (Å²) in [6.45, 7) is 22.1. The molecule has 0 spiro atoms. The number of hydrogen-bond donors (Lipinski definition) is 2. The minimum absolute atomic E-state index is 0.0161. The van der Waals surface area contributed by atoms with E-state index in [1.165, 1.54) is 75.3 Å². The molecule has 0 aliphatic heterocycles. The topological polar surface area (TPSA) is 225 Å². The lowest BCUT2D eigenvalue weighted by atomic mass is 9.96. The highest BCUT2D eigenvalue weighted by atomic mass is 16.6. The van der Waals surface area contributed by atoms with Crippen LogP contribution < -0.4 is 9.47 Å². The molecule has 0 aliphatic carbocycles. The van der Waals surface area contributed by atoms with Gasteiger partial charge in [0.2, 0.25) is 0 Å². The smallest absolute Gasteiger partial charge is 0.127 e. The van der Waals surface area contributed by atoms with E-state index in [1.54, 1.807) is 0 Å². The predicted molar refractivity (Wildman–Crippen MR) is 346 cm³/mol. The minimum atomic E-state index is 0.0161. The van der Waals surface area contributed by atoms with Crippen LogP contribution in [0, 0.1) is 0 Å². The van der Waals surface area contributed by atoms with Gasteiger partial charge in [0, 0.05) is 11.1 Å². The highest BCUT2D eigenvalue weighted by Crippen LogP contribution is 2.38. The summed E-state index contributed by atoms with van der Waals surface area (Å²) in [5.41, 5.74) is 4.52. The van der Waals surface area contributed by atoms with Crippen molar-refractivity contribution in [3.8, 4) is 22.6 Å². The standard InChI is InChI=1S/C68H122O22/c1-3-5-7-9-11-13-15-63-17-19-65(67(61-63)89-59-57-87-55-53-85-51-49-83-47-45-81-43-41-79-39-37-77-35-33-75-31-29-73-27-25-71-23-21-69)66-20-18-64(16-14-12-10-8-6-4-2)62-68(66)90-60-58-88-56-54-86-52-50-84-48-46-82-44-42-80-40-38-78-36-34-76-32-30-74-28-26-72-24-22-70/h17-20,61-62,69-70H,3-16,21-60H2,1-2H3. The number of rotatable bonds is 75. The van der Waals surface area contributed by atoms with Crippen molar-refractivity contribution < 1.29 is 105 Å². The van der Waals surface area contributed by atoms with E-state index < -0.39 is 0 Å². The van der Waals surface area contributed by atoms with Gasteiger partial charge in [-0.2, -0.15) is 0 Å². The molecule has 2 aromatic carbocycles. The van der Waals surface area contributed by atoms with Crippen LogP contribution >= 0.6 is 0 Å². The number of unbranched alkanes of at least 4 members (excludes halogenated alkanes) is 10. The van der Waals surface area contributed by atoms with Crippen molar-refractivity contribution in [2.75, 3.05) is 264 Å². The minimum Gasteiger partial charge on any atom is -0.491 e. The molecule has 0 fully saturated rings. The van der Waals surface area contributed by atoms with Gasteiger partial charge in [-0.05, 0) is 48.9 Å². The number of aryl methyl sites for hydroxylation is 2. The molecule has 0 saturated heterocycles. The molecule has 22 nitrogen and oxygen atoms in total. The van der Waals surface area contributed by atoms with Crippen LogP contribution in [0.1, 0.15) is 102 Å². The molecule has 0 heterocycles. The summed E-state index contributed by atoms with van der Waals surface area (Å²) in [7, 11) is 0. The molecule has 0 amide bonds. The first-order chi connectivity index (χ1) is 44.7. The van der Waals surface area contributed by atoms with Crippen LogP contribution in [-0.2, 0) is 98.1 Å². The van der Waals surface area contributed by atoms with Crippen LogP contribution in [-0.4, -0.2) is 274 Å². The second-order valence-electron chi connectivity index (χ2n) is 20.9. The highest BCUT2D eigenvalue weighted by molar-refractivity contribution is 5.76. The van der Waals surface area contributed by atoms with Gasteiger partial charge in [0.15, 0.2) is 0 Å². The molecule has 0 saturated carbocycles. The fraction of sp³-hybridized carbons (Fsp3) is 0.824. The molecule has 90 heavy (non-hydrogen) atoms. The largest absolute Gasteiger partial charge is 0.491 e. The Morgan fingerprint density at radius 2 is 0.411 bits per heavy atom. The highest BCUT2D eigenvalue weighted by Gasteiger charge is 2.15. The van der Waals surface area contributed by atoms with E-state index in [0.717, 1.165) is 48.3 Å². The maximum Gasteiger partial charge on any atom is 0.127 e. The zero-order chi connectivity index (χ0) is 64.0. The van der Waals surface area contributed by atoms with E-state index in [1.807, 2.05) is 0 Å². The summed E-state index contributed by atoms with van der Waals surface area (Å²) in [5, 5.41) is 17.3. The van der Waals surface area contributed by atoms with Gasteiger partial charge in [0.1, 0.15) is 24.7 Å². The molecule has 0 aromatic heterocycles. The number of aliphatic hydroxyl groups excluding tert-OH is 2. The molecule has 0 radical (unpaired) electrons. The fourth-order valence-electron chi connectivity index (χ4n) is 8.62. The molecule has 0 unspecified atom stereocenters. The zero-order valence-electron chi connectivity index (χ0n) is 55.7. The third-order valence-corrected chi connectivity index (χ3v) is 13.4. The summed E-state index contributed by atoms with van der Waals surface area (Å²) in [4.78, 5) is 0. The number of ether oxygens (including phenoxy) is 20. The molecule has 0 bridgehead atoms. The Morgan fingerprint density at radius 1 is 0.222 bits per heavy atom. The lowest BCUT2D eigenvalue weighted by Gasteiger charge is -2.18. The molecule has 22 heteroatoms. The van der Waals surface area contributed by atoms with E-state index in [2.05, 4.69) is 50.2 Å². The van der Waals surface area contributed by atoms with Crippen molar-refractivity contribution in [1.82, 2.24) is 0 Å². The summed E-state index contributed by atoms with van der Waals surface area (Å²) >= 11 is 0. The van der Waals surface area contributed by atoms with Gasteiger partial charge < -0.3 is 105 Å². The molecular formula is C68H122O22. The first-order valence-corrected chi connectivity index (χ1v) is 33.9. The van der Waals surface area contributed by atoms with Crippen LogP contribution in [0.15, 0.2) is 36.4 Å². The average Bonchev–Trinajstić information content (AvgIpc) is 0.952. The van der Waals surface area contributed by atoms with E-state index in [9.17, 15) is 0 Å². The lowest BCUT2D eigenvalue weighted by Crippen LogP contribution is -2.15. The first-order valence-electron chi connectivity index (χ1n) is 33.9. The van der Waals surface area contributed by atoms with Crippen LogP contribution in [0.5, 0.6) is 11.5 Å². The number of hydrogen-bond acceptors (Lipinski definition) is 22. The second-order valence-corrected chi connectivity index (χ2v) is 20.9. The fourth-order valence-corrected chi connectivity index (χ4v) is 8.62. The van der Waals surface area contributed by atoms with Crippen LogP contribution in [0.4, 0.5) is 0 Å². The first kappa shape index (κ1) is 83.3. The van der Waals surface area contributed by atoms with Crippen molar-refractivity contribution in [3.05, 3.63) is 47.5 Å². The quantitative estimate of drug-likeness (QED) is 0.0595. The van der Waals surface area contributed by atoms with Crippen LogP contribution in [0.3, 0.4) is 0 Å². The summed E-state index contributed by atoms with van der Waals surface area (Å²) in [5.74, 6) is 1.65. The number of aliphatic hydroxyl groups is 2. The SMILES string of the molecule is CCCCCCCCc1ccc(-c2ccc(CCCCCCCC)cc2OCCOCCOCCOCCOCCOCCOCCOCCOCCOCCO)c(OCCOCCOCCOCCOCCOCCOCCOCCOCCOCCO)c1. The molecule has 0 atom stereocenters. The van der Waals surface area contributed by atoms with Crippen molar-refractivity contribution in [2.24, 2.45) is 0 Å². The normalized spacial score (nSPS) is 11.6. The van der Waals surface area contributed by atoms with Crippen molar-refractivity contribution in [1.29, 1.82) is 0 Å². The Hall–Kier alpha value is -2.76. The van der Waals surface area contributed by atoms with Gasteiger partial charge >= 0.3 is 0 Å². The molecular weight excluding hydrogens is 1170 g/mol. The van der Waals surface area contributed by atoms with Crippen molar-refractivity contribution in [2.45, 2.75) is 104 Å². The molecule has 526 valence electrons. The van der Waals surface area contributed by atoms with Gasteiger partial charge in [-0.3, -0.25) is 0 Å². The molecule has 0 aliphatic rings. The van der Waals surface area contributed by atoms with Crippen LogP contribution in [0.25, 0.3) is 11.1 Å². The van der Waals surface area contributed by atoms with Gasteiger partial charge in [-0.15, -0.1) is 0 Å². The summed E-state index contributed by atoms with van der Waals surface area (Å²) in [6.07, 6.45) is 17.0. The molecule has 2 aromatic rings. The summed E-state index contributed by atoms with van der Waals surface area (Å²) < 4.78 is 113. The zero-order valence-corrected chi connectivity index (χ0v) is 55.7. The van der Waals surface area contributed by atoms with Gasteiger partial charge in [0.25, 0.3) is 0 Å². The Bertz CT molecular complexity index is 1630. The van der Waals surface area contributed by atoms with Gasteiger partial charge in [-0.25, -0.2) is 0 Å². The number of benzene rings is 2. The third-order valence-electron chi connectivity index (χ3n) is 13.4. The molecule has 2 N–H and O–H groups in total. The second kappa shape index (κ2) is 69.1. The Labute approximate surface area is 541 Å². The third kappa shape index (κ3) is 54.6.